The van der Waals surface area contributed by atoms with E-state index in [-0.39, 0.29) is 18.6 Å². The minimum absolute atomic E-state index is 0.105. The lowest BCUT2D eigenvalue weighted by atomic mass is 10.1. The van der Waals surface area contributed by atoms with Gasteiger partial charge in [0, 0.05) is 18.6 Å². The van der Waals surface area contributed by atoms with Gasteiger partial charge in [0.1, 0.15) is 5.82 Å². The van der Waals surface area contributed by atoms with Gasteiger partial charge in [-0.1, -0.05) is 11.6 Å². The smallest absolute Gasteiger partial charge is 0.286 e. The lowest BCUT2D eigenvalue weighted by molar-refractivity contribution is -0.138. The molecule has 0 saturated carbocycles. The van der Waals surface area contributed by atoms with Crippen LogP contribution in [-0.2, 0) is 16.1 Å². The van der Waals surface area contributed by atoms with E-state index in [4.69, 9.17) is 11.6 Å². The van der Waals surface area contributed by atoms with Crippen LogP contribution < -0.4 is 0 Å². The molecule has 0 aliphatic rings. The first kappa shape index (κ1) is 12.6. The summed E-state index contributed by atoms with van der Waals surface area (Å²) in [5.74, 6) is -1.05. The second-order valence-corrected chi connectivity index (χ2v) is 3.91. The maximum Gasteiger partial charge on any atom is 0.286 e. The molecule has 1 aromatic rings. The number of carbonyl (C=O) groups excluding carboxylic acids is 2. The molecule has 1 aromatic carbocycles. The number of hydrogen-bond donors (Lipinski definition) is 0. The molecule has 0 atom stereocenters. The van der Waals surface area contributed by atoms with E-state index >= 15 is 0 Å². The lowest BCUT2D eigenvalue weighted by Gasteiger charge is -2.15. The number of hydrogen-bond acceptors (Lipinski definition) is 2. The van der Waals surface area contributed by atoms with Crippen LogP contribution in [0.2, 0.25) is 5.02 Å². The maximum absolute atomic E-state index is 13.3. The Hall–Kier alpha value is -1.42. The molecule has 16 heavy (non-hydrogen) atoms. The van der Waals surface area contributed by atoms with Crippen molar-refractivity contribution in [3.8, 4) is 0 Å². The molecule has 0 aliphatic carbocycles. The molecular formula is C11H11ClFNO2. The van der Waals surface area contributed by atoms with Crippen molar-refractivity contribution in [2.45, 2.75) is 13.5 Å². The van der Waals surface area contributed by atoms with Crippen LogP contribution in [-0.4, -0.2) is 24.1 Å². The van der Waals surface area contributed by atoms with Gasteiger partial charge < -0.3 is 4.90 Å². The van der Waals surface area contributed by atoms with Gasteiger partial charge in [-0.2, -0.15) is 0 Å². The number of carbonyl (C=O) groups is 2. The summed E-state index contributed by atoms with van der Waals surface area (Å²) in [7, 11) is 1.45. The van der Waals surface area contributed by atoms with Crippen molar-refractivity contribution in [2.75, 3.05) is 7.05 Å². The minimum Gasteiger partial charge on any atom is -0.335 e. The standard InChI is InChI=1S/C11H11ClFNO2/c1-7-3-9(12)8(4-10(7)13)5-14(2)11(16)6-15/h3-4,6H,5H2,1-2H3. The van der Waals surface area contributed by atoms with Gasteiger partial charge >= 0.3 is 0 Å². The van der Waals surface area contributed by atoms with Crippen LogP contribution in [0.25, 0.3) is 0 Å². The average molecular weight is 244 g/mol. The van der Waals surface area contributed by atoms with Crippen molar-refractivity contribution >= 4 is 23.8 Å². The van der Waals surface area contributed by atoms with Crippen molar-refractivity contribution in [1.82, 2.24) is 4.90 Å². The Bertz CT molecular complexity index is 434. The molecule has 0 unspecified atom stereocenters. The highest BCUT2D eigenvalue weighted by atomic mass is 35.5. The molecule has 3 nitrogen and oxygen atoms in total. The predicted octanol–water partition coefficient (Wildman–Crippen LogP) is 1.94. The molecule has 0 radical (unpaired) electrons. The van der Waals surface area contributed by atoms with Crippen molar-refractivity contribution in [1.29, 1.82) is 0 Å². The first-order valence-corrected chi connectivity index (χ1v) is 4.98. The van der Waals surface area contributed by atoms with E-state index in [0.29, 0.717) is 16.1 Å². The second-order valence-electron chi connectivity index (χ2n) is 3.50. The molecule has 0 bridgehead atoms. The predicted molar refractivity (Wildman–Crippen MR) is 58.7 cm³/mol. The van der Waals surface area contributed by atoms with E-state index in [1.165, 1.54) is 24.1 Å². The van der Waals surface area contributed by atoms with E-state index in [0.717, 1.165) is 0 Å². The number of nitrogens with zero attached hydrogens (tertiary/aromatic N) is 1. The van der Waals surface area contributed by atoms with Crippen LogP contribution in [0.1, 0.15) is 11.1 Å². The minimum atomic E-state index is -0.669. The third-order valence-electron chi connectivity index (χ3n) is 2.21. The fourth-order valence-corrected chi connectivity index (χ4v) is 1.51. The molecule has 0 heterocycles. The molecular weight excluding hydrogens is 233 g/mol. The number of likely N-dealkylation sites (N-methyl/N-ethyl adjacent to an activating group) is 1. The largest absolute Gasteiger partial charge is 0.335 e. The van der Waals surface area contributed by atoms with Crippen LogP contribution in [0.4, 0.5) is 4.39 Å². The highest BCUT2D eigenvalue weighted by Gasteiger charge is 2.11. The molecule has 0 spiro atoms. The highest BCUT2D eigenvalue weighted by molar-refractivity contribution is 6.31. The lowest BCUT2D eigenvalue weighted by Crippen LogP contribution is -2.27. The third kappa shape index (κ3) is 2.79. The molecule has 0 aliphatic heterocycles. The first-order valence-electron chi connectivity index (χ1n) is 4.60. The summed E-state index contributed by atoms with van der Waals surface area (Å²) in [5, 5.41) is 0.379. The third-order valence-corrected chi connectivity index (χ3v) is 2.56. The summed E-state index contributed by atoms with van der Waals surface area (Å²) >= 11 is 5.90. The molecule has 1 rings (SSSR count). The number of aryl methyl sites for hydroxylation is 1. The summed E-state index contributed by atoms with van der Waals surface area (Å²) in [6.07, 6.45) is 0.207. The van der Waals surface area contributed by atoms with Gasteiger partial charge in [0.2, 0.25) is 6.29 Å². The summed E-state index contributed by atoms with van der Waals surface area (Å²) in [5.41, 5.74) is 0.917. The SMILES string of the molecule is Cc1cc(Cl)c(CN(C)C(=O)C=O)cc1F. The Morgan fingerprint density at radius 1 is 1.56 bits per heavy atom. The van der Waals surface area contributed by atoms with E-state index < -0.39 is 5.91 Å². The quantitative estimate of drug-likeness (QED) is 0.601. The van der Waals surface area contributed by atoms with Gasteiger partial charge in [0.25, 0.3) is 5.91 Å². The van der Waals surface area contributed by atoms with Gasteiger partial charge in [0.15, 0.2) is 0 Å². The molecule has 0 fully saturated rings. The Kier molecular flexibility index (Phi) is 4.01. The topological polar surface area (TPSA) is 37.4 Å². The zero-order valence-corrected chi connectivity index (χ0v) is 9.71. The number of amides is 1. The number of benzene rings is 1. The van der Waals surface area contributed by atoms with Crippen molar-refractivity contribution in [3.63, 3.8) is 0 Å². The normalized spacial score (nSPS) is 10.0. The number of rotatable bonds is 3. The molecule has 5 heteroatoms. The van der Waals surface area contributed by atoms with Gasteiger partial charge in [0.05, 0.1) is 0 Å². The van der Waals surface area contributed by atoms with Crippen molar-refractivity contribution < 1.29 is 14.0 Å². The maximum atomic E-state index is 13.3. The van der Waals surface area contributed by atoms with Crippen molar-refractivity contribution in [3.05, 3.63) is 34.1 Å². The molecule has 0 saturated heterocycles. The fourth-order valence-electron chi connectivity index (χ4n) is 1.23. The summed E-state index contributed by atoms with van der Waals surface area (Å²) in [6.45, 7) is 1.71. The number of aldehydes is 1. The Balaban J connectivity index is 2.93. The van der Waals surface area contributed by atoms with Crippen molar-refractivity contribution in [2.24, 2.45) is 0 Å². The zero-order chi connectivity index (χ0) is 12.3. The van der Waals surface area contributed by atoms with Crippen LogP contribution in [0.3, 0.4) is 0 Å². The van der Waals surface area contributed by atoms with Crippen LogP contribution in [0.5, 0.6) is 0 Å². The van der Waals surface area contributed by atoms with E-state index in [9.17, 15) is 14.0 Å². The molecule has 0 aromatic heterocycles. The Morgan fingerprint density at radius 3 is 2.75 bits per heavy atom. The monoisotopic (exact) mass is 243 g/mol. The summed E-state index contributed by atoms with van der Waals surface area (Å²) in [6, 6.07) is 2.76. The first-order chi connectivity index (χ1) is 7.45. The number of halogens is 2. The fraction of sp³-hybridized carbons (Fsp3) is 0.273. The van der Waals surface area contributed by atoms with E-state index in [2.05, 4.69) is 0 Å². The van der Waals surface area contributed by atoms with Gasteiger partial charge in [-0.3, -0.25) is 9.59 Å². The second kappa shape index (κ2) is 5.07. The van der Waals surface area contributed by atoms with E-state index in [1.54, 1.807) is 6.92 Å². The zero-order valence-electron chi connectivity index (χ0n) is 8.96. The van der Waals surface area contributed by atoms with Gasteiger partial charge in [-0.05, 0) is 30.2 Å². The van der Waals surface area contributed by atoms with Gasteiger partial charge in [-0.25, -0.2) is 4.39 Å². The molecule has 86 valence electrons. The molecule has 1 amide bonds. The Labute approximate surface area is 97.8 Å². The van der Waals surface area contributed by atoms with E-state index in [1.807, 2.05) is 0 Å². The van der Waals surface area contributed by atoms with Crippen LogP contribution >= 0.6 is 11.6 Å². The summed E-state index contributed by atoms with van der Waals surface area (Å²) in [4.78, 5) is 22.4. The summed E-state index contributed by atoms with van der Waals surface area (Å²) < 4.78 is 13.3. The van der Waals surface area contributed by atoms with Crippen LogP contribution in [0, 0.1) is 12.7 Å². The molecule has 0 N–H and O–H groups in total. The van der Waals surface area contributed by atoms with Crippen LogP contribution in [0.15, 0.2) is 12.1 Å². The highest BCUT2D eigenvalue weighted by Crippen LogP contribution is 2.21. The average Bonchev–Trinajstić information content (AvgIpc) is 2.24. The van der Waals surface area contributed by atoms with Gasteiger partial charge in [-0.15, -0.1) is 0 Å². The Morgan fingerprint density at radius 2 is 2.19 bits per heavy atom.